The summed E-state index contributed by atoms with van der Waals surface area (Å²) in [4.78, 5) is 35.7. The number of halogens is 1. The van der Waals surface area contributed by atoms with Gasteiger partial charge in [0.2, 0.25) is 5.95 Å². The number of hydrogen-bond donors (Lipinski definition) is 1. The summed E-state index contributed by atoms with van der Waals surface area (Å²) in [6.45, 7) is 5.23. The van der Waals surface area contributed by atoms with Gasteiger partial charge in [-0.15, -0.1) is 0 Å². The fraction of sp³-hybridized carbons (Fsp3) is 0.267. The van der Waals surface area contributed by atoms with Gasteiger partial charge in [0, 0.05) is 37.6 Å². The van der Waals surface area contributed by atoms with Crippen LogP contribution in [-0.4, -0.2) is 40.0 Å². The van der Waals surface area contributed by atoms with E-state index < -0.39 is 0 Å². The van der Waals surface area contributed by atoms with E-state index in [4.69, 9.17) is 21.3 Å². The first-order chi connectivity index (χ1) is 18.8. The van der Waals surface area contributed by atoms with Crippen molar-refractivity contribution in [3.8, 4) is 5.75 Å². The van der Waals surface area contributed by atoms with E-state index in [0.29, 0.717) is 29.8 Å². The number of pyridine rings is 1. The van der Waals surface area contributed by atoms with Crippen LogP contribution in [0.4, 0.5) is 17.5 Å². The van der Waals surface area contributed by atoms with Gasteiger partial charge in [-0.3, -0.25) is 9.59 Å². The molecule has 0 bridgehead atoms. The minimum Gasteiger partial charge on any atom is -0.480 e. The molecule has 0 unspecified atom stereocenters. The zero-order valence-corrected chi connectivity index (χ0v) is 23.0. The monoisotopic (exact) mass is 543 g/mol. The molecular formula is C30H30ClN5O3. The van der Waals surface area contributed by atoms with Gasteiger partial charge in [0.15, 0.2) is 17.4 Å². The van der Waals surface area contributed by atoms with Crippen LogP contribution in [-0.2, 0) is 11.8 Å². The average molecular weight is 544 g/mol. The number of aryl methyl sites for hydroxylation is 2. The Kier molecular flexibility index (Phi) is 7.65. The molecule has 0 amide bonds. The van der Waals surface area contributed by atoms with Crippen molar-refractivity contribution in [3.63, 3.8) is 0 Å². The second-order valence-electron chi connectivity index (χ2n) is 9.61. The third-order valence-corrected chi connectivity index (χ3v) is 7.16. The maximum absolute atomic E-state index is 12.7. The Labute approximate surface area is 231 Å². The molecule has 2 aromatic heterocycles. The minimum absolute atomic E-state index is 0.0719. The number of ketones is 1. The number of fused-ring (bicyclic) bond motifs is 1. The number of Topliss-reactive ketones (excluding diaryl/α,β-unsaturated/α-hetero) is 1. The second kappa shape index (κ2) is 11.3. The summed E-state index contributed by atoms with van der Waals surface area (Å²) >= 11 is 6.46. The van der Waals surface area contributed by atoms with Crippen molar-refractivity contribution < 1.29 is 9.53 Å². The number of carbonyl (C=O) groups is 1. The highest BCUT2D eigenvalue weighted by molar-refractivity contribution is 6.32. The number of aromatic nitrogens is 3. The molecule has 0 fully saturated rings. The number of ether oxygens (including phenoxy) is 1. The van der Waals surface area contributed by atoms with Gasteiger partial charge in [-0.2, -0.15) is 4.98 Å². The van der Waals surface area contributed by atoms with Gasteiger partial charge in [-0.25, -0.2) is 4.98 Å². The summed E-state index contributed by atoms with van der Waals surface area (Å²) in [5.74, 6) is 1.15. The summed E-state index contributed by atoms with van der Waals surface area (Å²) in [6.07, 6.45) is 5.08. The van der Waals surface area contributed by atoms with Crippen molar-refractivity contribution >= 4 is 51.3 Å². The normalized spacial score (nSPS) is 13.3. The molecule has 8 nitrogen and oxygen atoms in total. The van der Waals surface area contributed by atoms with E-state index in [0.717, 1.165) is 29.6 Å². The SMILES string of the molecule is CCC(=O)COc1cc2cc(Nc3nc(N4CC=C(c5ccc(C)cc5)CC4)ncc3Cl)ccc2n(C)c1=O. The number of nitrogens with zero attached hydrogens (tertiary/aromatic N) is 4. The zero-order chi connectivity index (χ0) is 27.5. The highest BCUT2D eigenvalue weighted by Crippen LogP contribution is 2.29. The fourth-order valence-corrected chi connectivity index (χ4v) is 4.65. The fourth-order valence-electron chi connectivity index (χ4n) is 4.51. The maximum atomic E-state index is 12.7. The van der Waals surface area contributed by atoms with E-state index in [2.05, 4.69) is 52.5 Å². The van der Waals surface area contributed by atoms with Crippen molar-refractivity contribution in [1.82, 2.24) is 14.5 Å². The van der Waals surface area contributed by atoms with E-state index in [1.165, 1.54) is 21.3 Å². The topological polar surface area (TPSA) is 89.3 Å². The molecule has 3 heterocycles. The molecule has 39 heavy (non-hydrogen) atoms. The largest absolute Gasteiger partial charge is 0.480 e. The van der Waals surface area contributed by atoms with Crippen LogP contribution in [0.3, 0.4) is 0 Å². The van der Waals surface area contributed by atoms with Crippen molar-refractivity contribution in [3.05, 3.63) is 87.3 Å². The molecule has 2 aromatic carbocycles. The summed E-state index contributed by atoms with van der Waals surface area (Å²) in [7, 11) is 1.68. The van der Waals surface area contributed by atoms with Crippen LogP contribution in [0.2, 0.25) is 5.02 Å². The van der Waals surface area contributed by atoms with Gasteiger partial charge >= 0.3 is 0 Å². The van der Waals surface area contributed by atoms with Crippen LogP contribution in [0.1, 0.15) is 30.9 Å². The number of benzene rings is 2. The zero-order valence-electron chi connectivity index (χ0n) is 22.2. The molecule has 1 aliphatic heterocycles. The van der Waals surface area contributed by atoms with Gasteiger partial charge in [-0.05, 0) is 48.7 Å². The molecule has 4 aromatic rings. The molecule has 0 spiro atoms. The molecule has 9 heteroatoms. The van der Waals surface area contributed by atoms with Gasteiger partial charge in [0.25, 0.3) is 5.56 Å². The van der Waals surface area contributed by atoms with Crippen LogP contribution in [0, 0.1) is 6.92 Å². The molecule has 1 aliphatic rings. The number of carbonyl (C=O) groups excluding carboxylic acids is 1. The molecular weight excluding hydrogens is 514 g/mol. The molecule has 0 saturated carbocycles. The summed E-state index contributed by atoms with van der Waals surface area (Å²) in [6, 6.07) is 15.9. The minimum atomic E-state index is -0.295. The van der Waals surface area contributed by atoms with Gasteiger partial charge in [-0.1, -0.05) is 54.4 Å². The molecule has 0 aliphatic carbocycles. The number of rotatable bonds is 8. The third kappa shape index (κ3) is 5.81. The van der Waals surface area contributed by atoms with E-state index >= 15 is 0 Å². The predicted molar refractivity (Wildman–Crippen MR) is 156 cm³/mol. The van der Waals surface area contributed by atoms with Crippen LogP contribution < -0.4 is 20.5 Å². The lowest BCUT2D eigenvalue weighted by atomic mass is 9.99. The lowest BCUT2D eigenvalue weighted by molar-refractivity contribution is -0.120. The van der Waals surface area contributed by atoms with Crippen molar-refractivity contribution in [2.75, 3.05) is 29.9 Å². The first kappa shape index (κ1) is 26.4. The third-order valence-electron chi connectivity index (χ3n) is 6.88. The van der Waals surface area contributed by atoms with Crippen LogP contribution in [0.5, 0.6) is 5.75 Å². The van der Waals surface area contributed by atoms with E-state index in [1.54, 1.807) is 26.2 Å². The second-order valence-corrected chi connectivity index (χ2v) is 10.0. The number of hydrogen-bond acceptors (Lipinski definition) is 7. The van der Waals surface area contributed by atoms with Crippen LogP contribution >= 0.6 is 11.6 Å². The lowest BCUT2D eigenvalue weighted by Gasteiger charge is -2.27. The van der Waals surface area contributed by atoms with Gasteiger partial charge in [0.1, 0.15) is 11.6 Å². The standard InChI is InChI=1S/C30H30ClN5O3/c1-4-24(37)18-39-27-16-22-15-23(9-10-26(22)35(3)29(27)38)33-28-25(31)17-32-30(34-28)36-13-11-21(12-14-36)20-7-5-19(2)6-8-20/h5-11,15-17H,4,12-14,18H2,1-3H3,(H,32,33,34). The molecule has 0 atom stereocenters. The predicted octanol–water partition coefficient (Wildman–Crippen LogP) is 5.69. The Morgan fingerprint density at radius 3 is 2.67 bits per heavy atom. The average Bonchev–Trinajstić information content (AvgIpc) is 2.95. The molecule has 200 valence electrons. The van der Waals surface area contributed by atoms with Crippen LogP contribution in [0.15, 0.2) is 65.6 Å². The summed E-state index contributed by atoms with van der Waals surface area (Å²) < 4.78 is 7.03. The smallest absolute Gasteiger partial charge is 0.293 e. The van der Waals surface area contributed by atoms with E-state index in [-0.39, 0.29) is 23.7 Å². The van der Waals surface area contributed by atoms with E-state index in [9.17, 15) is 9.59 Å². The maximum Gasteiger partial charge on any atom is 0.293 e. The van der Waals surface area contributed by atoms with Crippen molar-refractivity contribution in [2.24, 2.45) is 7.05 Å². The van der Waals surface area contributed by atoms with Gasteiger partial charge < -0.3 is 19.5 Å². The number of nitrogens with one attached hydrogen (secondary N) is 1. The van der Waals surface area contributed by atoms with Gasteiger partial charge in [0.05, 0.1) is 11.7 Å². The number of anilines is 3. The van der Waals surface area contributed by atoms with E-state index in [1.807, 2.05) is 18.2 Å². The molecule has 0 saturated heterocycles. The van der Waals surface area contributed by atoms with Crippen molar-refractivity contribution in [1.29, 1.82) is 0 Å². The Bertz CT molecular complexity index is 1630. The molecule has 5 rings (SSSR count). The Hall–Kier alpha value is -4.17. The Balaban J connectivity index is 1.36. The van der Waals surface area contributed by atoms with Crippen LogP contribution in [0.25, 0.3) is 16.5 Å². The first-order valence-corrected chi connectivity index (χ1v) is 13.3. The Morgan fingerprint density at radius 1 is 1.15 bits per heavy atom. The highest BCUT2D eigenvalue weighted by Gasteiger charge is 2.18. The molecule has 0 radical (unpaired) electrons. The lowest BCUT2D eigenvalue weighted by Crippen LogP contribution is -2.30. The Morgan fingerprint density at radius 2 is 1.95 bits per heavy atom. The summed E-state index contributed by atoms with van der Waals surface area (Å²) in [5, 5.41) is 4.46. The quantitative estimate of drug-likeness (QED) is 0.305. The van der Waals surface area contributed by atoms with Crippen molar-refractivity contribution in [2.45, 2.75) is 26.7 Å². The summed E-state index contributed by atoms with van der Waals surface area (Å²) in [5.41, 5.74) is 5.00. The molecule has 1 N–H and O–H groups in total. The first-order valence-electron chi connectivity index (χ1n) is 12.9. The highest BCUT2D eigenvalue weighted by atomic mass is 35.5.